The van der Waals surface area contributed by atoms with Crippen molar-refractivity contribution in [2.75, 3.05) is 24.6 Å². The van der Waals surface area contributed by atoms with Gasteiger partial charge in [0, 0.05) is 42.4 Å². The molecule has 0 saturated carbocycles. The van der Waals surface area contributed by atoms with Crippen LogP contribution in [0.2, 0.25) is 0 Å². The molecular weight excluding hydrogens is 372 g/mol. The Labute approximate surface area is 155 Å². The summed E-state index contributed by atoms with van der Waals surface area (Å²) in [6.45, 7) is 7.63. The third kappa shape index (κ3) is 4.16. The molecule has 0 aliphatic carbocycles. The second-order valence-electron chi connectivity index (χ2n) is 6.73. The van der Waals surface area contributed by atoms with Crippen LogP contribution in [0.15, 0.2) is 32.9 Å². The summed E-state index contributed by atoms with van der Waals surface area (Å²) in [5, 5.41) is 7.16. The number of aryl methyl sites for hydroxylation is 3. The van der Waals surface area contributed by atoms with E-state index >= 15 is 0 Å². The number of nitrogens with zero attached hydrogens (tertiary/aromatic N) is 3. The molecular formula is C17H24N4O3S2. The molecule has 9 heteroatoms. The minimum atomic E-state index is -3.90. The first kappa shape index (κ1) is 19.1. The van der Waals surface area contributed by atoms with Crippen LogP contribution in [-0.2, 0) is 26.3 Å². The summed E-state index contributed by atoms with van der Waals surface area (Å²) in [5.74, 6) is 0.516. The minimum Gasteiger partial charge on any atom is -0.297 e. The number of aromatic nitrogens is 2. The molecule has 3 rings (SSSR count). The van der Waals surface area contributed by atoms with E-state index < -0.39 is 19.8 Å². The van der Waals surface area contributed by atoms with E-state index in [-0.39, 0.29) is 16.4 Å². The molecule has 0 unspecified atom stereocenters. The molecule has 1 fully saturated rings. The molecule has 1 aromatic heterocycles. The molecule has 1 saturated heterocycles. The van der Waals surface area contributed by atoms with Crippen LogP contribution in [0.1, 0.15) is 22.5 Å². The molecule has 0 radical (unpaired) electrons. The van der Waals surface area contributed by atoms with Gasteiger partial charge in [0.15, 0.2) is 0 Å². The molecule has 2 aromatic rings. The largest absolute Gasteiger partial charge is 0.297 e. The molecule has 1 aliphatic rings. The van der Waals surface area contributed by atoms with E-state index in [2.05, 4.69) is 18.9 Å². The van der Waals surface area contributed by atoms with Crippen LogP contribution in [0.25, 0.3) is 0 Å². The van der Waals surface area contributed by atoms with E-state index in [4.69, 9.17) is 0 Å². The van der Waals surface area contributed by atoms with Gasteiger partial charge in [-0.15, -0.1) is 3.77 Å². The average Bonchev–Trinajstić information content (AvgIpc) is 2.89. The van der Waals surface area contributed by atoms with Crippen molar-refractivity contribution in [3.8, 4) is 0 Å². The lowest BCUT2D eigenvalue weighted by atomic mass is 10.2. The summed E-state index contributed by atoms with van der Waals surface area (Å²) in [6.07, 6.45) is 0. The van der Waals surface area contributed by atoms with Gasteiger partial charge in [-0.1, -0.05) is 17.7 Å². The van der Waals surface area contributed by atoms with Gasteiger partial charge in [-0.25, -0.2) is 4.21 Å². The molecule has 26 heavy (non-hydrogen) atoms. The molecule has 0 spiro atoms. The van der Waals surface area contributed by atoms with Crippen molar-refractivity contribution in [1.29, 1.82) is 0 Å². The monoisotopic (exact) mass is 396 g/mol. The van der Waals surface area contributed by atoms with Crippen LogP contribution >= 0.6 is 0 Å². The van der Waals surface area contributed by atoms with Crippen molar-refractivity contribution in [3.05, 3.63) is 46.8 Å². The molecule has 0 bridgehead atoms. The molecule has 1 aliphatic heterocycles. The van der Waals surface area contributed by atoms with Crippen molar-refractivity contribution in [3.63, 3.8) is 0 Å². The first-order valence-corrected chi connectivity index (χ1v) is 11.8. The number of aromatic amines is 1. The highest BCUT2D eigenvalue weighted by Gasteiger charge is 2.25. The van der Waals surface area contributed by atoms with Crippen molar-refractivity contribution < 1.29 is 12.6 Å². The maximum atomic E-state index is 13.0. The standard InChI is InChI=1S/C17H24N4O3S2/c1-13-4-6-16(7-5-13)26(23,24)20-25(22)10-8-21(9-11-25)12-17-14(2)18-19-15(17)3/h4-7H,8-12H2,1-3H3,(H,18,19). The predicted molar refractivity (Wildman–Crippen MR) is 102 cm³/mol. The number of sulfonamides is 1. The molecule has 142 valence electrons. The maximum Gasteiger partial charge on any atom is 0.290 e. The van der Waals surface area contributed by atoms with Gasteiger partial charge in [-0.05, 0) is 32.9 Å². The summed E-state index contributed by atoms with van der Waals surface area (Å²) in [6, 6.07) is 6.45. The molecule has 0 amide bonds. The van der Waals surface area contributed by atoms with Gasteiger partial charge in [-0.2, -0.15) is 13.5 Å². The maximum absolute atomic E-state index is 13.0. The highest BCUT2D eigenvalue weighted by atomic mass is 32.3. The Morgan fingerprint density at radius 1 is 1.15 bits per heavy atom. The Kier molecular flexibility index (Phi) is 5.23. The highest BCUT2D eigenvalue weighted by molar-refractivity contribution is 8.03. The van der Waals surface area contributed by atoms with Gasteiger partial charge in [-0.3, -0.25) is 10.00 Å². The smallest absolute Gasteiger partial charge is 0.290 e. The molecule has 0 atom stereocenters. The summed E-state index contributed by atoms with van der Waals surface area (Å²) in [4.78, 5) is 2.26. The third-order valence-electron chi connectivity index (χ3n) is 4.67. The molecule has 1 N–H and O–H groups in total. The van der Waals surface area contributed by atoms with Crippen LogP contribution < -0.4 is 0 Å². The Hall–Kier alpha value is -1.71. The number of rotatable bonds is 4. The molecule has 1 aromatic carbocycles. The lowest BCUT2D eigenvalue weighted by molar-refractivity contribution is 0.289. The van der Waals surface area contributed by atoms with Gasteiger partial charge in [0.25, 0.3) is 10.0 Å². The summed E-state index contributed by atoms with van der Waals surface area (Å²) in [7, 11) is -6.67. The zero-order valence-corrected chi connectivity index (χ0v) is 16.9. The topological polar surface area (TPSA) is 95.5 Å². The average molecular weight is 397 g/mol. The first-order chi connectivity index (χ1) is 12.2. The van der Waals surface area contributed by atoms with Crippen LogP contribution in [0.3, 0.4) is 0 Å². The molecule has 7 nitrogen and oxygen atoms in total. The number of H-pyrrole nitrogens is 1. The Bertz CT molecular complexity index is 983. The number of hydrogen-bond acceptors (Lipinski definition) is 5. The van der Waals surface area contributed by atoms with Gasteiger partial charge in [0.05, 0.1) is 20.3 Å². The first-order valence-electron chi connectivity index (χ1n) is 8.47. The van der Waals surface area contributed by atoms with Gasteiger partial charge in [0.1, 0.15) is 0 Å². The second-order valence-corrected chi connectivity index (χ2v) is 11.1. The van der Waals surface area contributed by atoms with Gasteiger partial charge in [0.2, 0.25) is 0 Å². The van der Waals surface area contributed by atoms with Crippen LogP contribution in [-0.4, -0.2) is 52.3 Å². The number of benzene rings is 1. The second kappa shape index (κ2) is 7.13. The van der Waals surface area contributed by atoms with E-state index in [1.807, 2.05) is 20.8 Å². The Morgan fingerprint density at radius 2 is 1.77 bits per heavy atom. The van der Waals surface area contributed by atoms with Crippen molar-refractivity contribution in [1.82, 2.24) is 15.1 Å². The van der Waals surface area contributed by atoms with E-state index in [9.17, 15) is 12.6 Å². The Balaban J connectivity index is 1.74. The van der Waals surface area contributed by atoms with Crippen LogP contribution in [0, 0.1) is 20.8 Å². The fourth-order valence-electron chi connectivity index (χ4n) is 2.95. The third-order valence-corrected chi connectivity index (χ3v) is 9.05. The fraction of sp³-hybridized carbons (Fsp3) is 0.471. The summed E-state index contributed by atoms with van der Waals surface area (Å²) < 4.78 is 41.7. The normalized spacial score (nSPS) is 18.0. The van der Waals surface area contributed by atoms with Crippen LogP contribution in [0.4, 0.5) is 0 Å². The van der Waals surface area contributed by atoms with E-state index in [1.165, 1.54) is 12.1 Å². The number of nitrogens with one attached hydrogen (secondary N) is 1. The lowest BCUT2D eigenvalue weighted by Gasteiger charge is -2.28. The zero-order valence-electron chi connectivity index (χ0n) is 15.2. The lowest BCUT2D eigenvalue weighted by Crippen LogP contribution is -2.40. The predicted octanol–water partition coefficient (Wildman–Crippen LogP) is 2.01. The van der Waals surface area contributed by atoms with Gasteiger partial charge < -0.3 is 0 Å². The highest BCUT2D eigenvalue weighted by Crippen LogP contribution is 2.19. The van der Waals surface area contributed by atoms with Gasteiger partial charge >= 0.3 is 0 Å². The quantitative estimate of drug-likeness (QED) is 0.853. The fourth-order valence-corrected chi connectivity index (χ4v) is 7.10. The van der Waals surface area contributed by atoms with Crippen molar-refractivity contribution >= 4 is 19.8 Å². The van der Waals surface area contributed by atoms with E-state index in [1.54, 1.807) is 12.1 Å². The van der Waals surface area contributed by atoms with E-state index in [0.29, 0.717) is 19.6 Å². The molecule has 2 heterocycles. The van der Waals surface area contributed by atoms with E-state index in [0.717, 1.165) is 22.5 Å². The van der Waals surface area contributed by atoms with Crippen LogP contribution in [0.5, 0.6) is 0 Å². The minimum absolute atomic E-state index is 0.0953. The SMILES string of the molecule is Cc1ccc(S(=O)(=O)N=S2(=O)CCN(Cc3c(C)n[nH]c3C)CC2)cc1. The summed E-state index contributed by atoms with van der Waals surface area (Å²) in [5.41, 5.74) is 4.09. The Morgan fingerprint density at radius 3 is 2.31 bits per heavy atom. The van der Waals surface area contributed by atoms with Crippen molar-refractivity contribution in [2.24, 2.45) is 3.77 Å². The summed E-state index contributed by atoms with van der Waals surface area (Å²) >= 11 is 0. The van der Waals surface area contributed by atoms with Crippen molar-refractivity contribution in [2.45, 2.75) is 32.2 Å². The zero-order chi connectivity index (χ0) is 18.9. The number of hydrogen-bond donors (Lipinski definition) is 1.